The van der Waals surface area contributed by atoms with Crippen molar-refractivity contribution in [3.63, 3.8) is 0 Å². The van der Waals surface area contributed by atoms with Crippen molar-refractivity contribution in [2.24, 2.45) is 5.73 Å². The van der Waals surface area contributed by atoms with E-state index in [4.69, 9.17) is 5.73 Å². The van der Waals surface area contributed by atoms with Crippen LogP contribution in [0.5, 0.6) is 0 Å². The summed E-state index contributed by atoms with van der Waals surface area (Å²) in [6.45, 7) is 0.902. The fourth-order valence-electron chi connectivity index (χ4n) is 1.06. The maximum absolute atomic E-state index is 11.9. The molecule has 0 radical (unpaired) electrons. The van der Waals surface area contributed by atoms with Gasteiger partial charge in [-0.05, 0) is 6.92 Å². The first-order valence-corrected chi connectivity index (χ1v) is 5.45. The Morgan fingerprint density at radius 1 is 1.42 bits per heavy atom. The molecule has 1 atom stereocenters. The molecule has 0 heterocycles. The molecule has 0 aliphatic heterocycles. The number of hydrogen-bond donors (Lipinski definition) is 4. The number of nitrogens with one attached hydrogen (secondary N) is 3. The van der Waals surface area contributed by atoms with E-state index in [2.05, 4.69) is 16.0 Å². The summed E-state index contributed by atoms with van der Waals surface area (Å²) in [4.78, 5) is 22.1. The Kier molecular flexibility index (Phi) is 6.73. The molecule has 0 aromatic rings. The number of halogens is 3. The van der Waals surface area contributed by atoms with Crippen molar-refractivity contribution in [1.29, 1.82) is 0 Å². The zero-order valence-electron chi connectivity index (χ0n) is 10.6. The second-order valence-electron chi connectivity index (χ2n) is 3.73. The van der Waals surface area contributed by atoms with Crippen LogP contribution in [0.15, 0.2) is 11.5 Å². The number of carbonyl (C=O) groups excluding carboxylic acids is 2. The lowest BCUT2D eigenvalue weighted by Gasteiger charge is -2.16. The zero-order valence-corrected chi connectivity index (χ0v) is 10.6. The highest BCUT2D eigenvalue weighted by atomic mass is 19.4. The van der Waals surface area contributed by atoms with E-state index in [1.165, 1.54) is 14.0 Å². The predicted molar refractivity (Wildman–Crippen MR) is 62.6 cm³/mol. The van der Waals surface area contributed by atoms with Crippen LogP contribution in [0.25, 0.3) is 0 Å². The molecule has 0 fully saturated rings. The number of amides is 1. The van der Waals surface area contributed by atoms with Crippen LogP contribution in [0.1, 0.15) is 13.3 Å². The monoisotopic (exact) mass is 282 g/mol. The summed E-state index contributed by atoms with van der Waals surface area (Å²) in [6.07, 6.45) is -4.96. The third-order valence-corrected chi connectivity index (χ3v) is 2.04. The van der Waals surface area contributed by atoms with Gasteiger partial charge in [-0.1, -0.05) is 0 Å². The SMILES string of the molecule is CN/C(N)=C(/N[C@@H](C)C=O)C(=O)NCCC(F)(F)F. The zero-order chi connectivity index (χ0) is 15.1. The van der Waals surface area contributed by atoms with Gasteiger partial charge in [-0.25, -0.2) is 0 Å². The minimum atomic E-state index is -4.35. The van der Waals surface area contributed by atoms with E-state index in [-0.39, 0.29) is 11.5 Å². The lowest BCUT2D eigenvalue weighted by Crippen LogP contribution is -2.41. The Labute approximate surface area is 108 Å². The Bertz CT molecular complexity index is 355. The standard InChI is InChI=1S/C10H17F3N4O2/c1-6(5-18)17-7(8(14)15-2)9(19)16-4-3-10(11,12)13/h5-6,15,17H,3-4,14H2,1-2H3,(H,16,19)/b8-7+/t6-/m0/s1. The van der Waals surface area contributed by atoms with Crippen LogP contribution in [0.4, 0.5) is 13.2 Å². The normalized spacial score (nSPS) is 14.2. The second-order valence-corrected chi connectivity index (χ2v) is 3.73. The largest absolute Gasteiger partial charge is 0.390 e. The highest BCUT2D eigenvalue weighted by Crippen LogP contribution is 2.18. The molecule has 0 spiro atoms. The molecule has 0 rings (SSSR count). The van der Waals surface area contributed by atoms with Gasteiger partial charge in [-0.2, -0.15) is 13.2 Å². The van der Waals surface area contributed by atoms with Gasteiger partial charge in [0, 0.05) is 13.6 Å². The number of rotatable bonds is 7. The van der Waals surface area contributed by atoms with Crippen molar-refractivity contribution in [1.82, 2.24) is 16.0 Å². The molecule has 9 heteroatoms. The van der Waals surface area contributed by atoms with Gasteiger partial charge in [0.2, 0.25) is 0 Å². The lowest BCUT2D eigenvalue weighted by atomic mass is 10.3. The van der Waals surface area contributed by atoms with Gasteiger partial charge in [-0.3, -0.25) is 4.79 Å². The summed E-state index contributed by atoms with van der Waals surface area (Å²) in [5.41, 5.74) is 5.31. The molecule has 0 aromatic heterocycles. The van der Waals surface area contributed by atoms with Crippen molar-refractivity contribution in [2.45, 2.75) is 25.6 Å². The first kappa shape index (κ1) is 17.1. The molecule has 1 amide bonds. The van der Waals surface area contributed by atoms with Crippen LogP contribution in [0, 0.1) is 0 Å². The Morgan fingerprint density at radius 3 is 2.42 bits per heavy atom. The Morgan fingerprint density at radius 2 is 2.00 bits per heavy atom. The fraction of sp³-hybridized carbons (Fsp3) is 0.600. The van der Waals surface area contributed by atoms with Crippen molar-refractivity contribution >= 4 is 12.2 Å². The van der Waals surface area contributed by atoms with E-state index in [1.54, 1.807) is 0 Å². The van der Waals surface area contributed by atoms with Gasteiger partial charge in [0.05, 0.1) is 12.5 Å². The summed E-state index contributed by atoms with van der Waals surface area (Å²) in [7, 11) is 1.44. The third-order valence-electron chi connectivity index (χ3n) is 2.04. The molecule has 0 aliphatic rings. The summed E-state index contributed by atoms with van der Waals surface area (Å²) in [5.74, 6) is -0.886. The van der Waals surface area contributed by atoms with Crippen molar-refractivity contribution in [3.05, 3.63) is 11.5 Å². The van der Waals surface area contributed by atoms with Crippen molar-refractivity contribution in [3.8, 4) is 0 Å². The van der Waals surface area contributed by atoms with Crippen LogP contribution in [-0.2, 0) is 9.59 Å². The van der Waals surface area contributed by atoms with Crippen LogP contribution in [0.3, 0.4) is 0 Å². The molecule has 0 saturated carbocycles. The summed E-state index contributed by atoms with van der Waals surface area (Å²) in [5, 5.41) is 7.04. The van der Waals surface area contributed by atoms with Gasteiger partial charge in [0.25, 0.3) is 5.91 Å². The number of nitrogens with two attached hydrogens (primary N) is 1. The topological polar surface area (TPSA) is 96.2 Å². The van der Waals surface area contributed by atoms with Crippen LogP contribution >= 0.6 is 0 Å². The number of hydrogen-bond acceptors (Lipinski definition) is 5. The average Bonchev–Trinajstić information content (AvgIpc) is 2.32. The van der Waals surface area contributed by atoms with Crippen LogP contribution < -0.4 is 21.7 Å². The molecule has 0 unspecified atom stereocenters. The minimum absolute atomic E-state index is 0.0711. The second kappa shape index (κ2) is 7.49. The van der Waals surface area contributed by atoms with E-state index in [1.807, 2.05) is 0 Å². The molecule has 0 bridgehead atoms. The van der Waals surface area contributed by atoms with Crippen LogP contribution in [0.2, 0.25) is 0 Å². The van der Waals surface area contributed by atoms with E-state index >= 15 is 0 Å². The molecule has 6 nitrogen and oxygen atoms in total. The molecular weight excluding hydrogens is 265 g/mol. The van der Waals surface area contributed by atoms with E-state index in [0.29, 0.717) is 6.29 Å². The third kappa shape index (κ3) is 7.17. The molecule has 19 heavy (non-hydrogen) atoms. The summed E-state index contributed by atoms with van der Waals surface area (Å²) in [6, 6.07) is -0.699. The van der Waals surface area contributed by atoms with E-state index < -0.39 is 31.1 Å². The minimum Gasteiger partial charge on any atom is -0.384 e. The predicted octanol–water partition coefficient (Wildman–Crippen LogP) is -0.421. The molecule has 0 aliphatic carbocycles. The van der Waals surface area contributed by atoms with E-state index in [9.17, 15) is 22.8 Å². The summed E-state index contributed by atoms with van der Waals surface area (Å²) >= 11 is 0. The van der Waals surface area contributed by atoms with Gasteiger partial charge >= 0.3 is 6.18 Å². The first-order chi connectivity index (χ1) is 8.71. The van der Waals surface area contributed by atoms with Crippen molar-refractivity contribution < 1.29 is 22.8 Å². The fourth-order valence-corrected chi connectivity index (χ4v) is 1.06. The summed E-state index contributed by atoms with van der Waals surface area (Å²) < 4.78 is 35.8. The molecular formula is C10H17F3N4O2. The van der Waals surface area contributed by atoms with Gasteiger partial charge in [0.15, 0.2) is 0 Å². The molecule has 0 saturated heterocycles. The number of alkyl halides is 3. The number of carbonyl (C=O) groups is 2. The highest BCUT2D eigenvalue weighted by molar-refractivity contribution is 5.93. The molecule has 0 aromatic carbocycles. The Hall–Kier alpha value is -1.93. The maximum atomic E-state index is 11.9. The van der Waals surface area contributed by atoms with Gasteiger partial charge < -0.3 is 26.5 Å². The van der Waals surface area contributed by atoms with Gasteiger partial charge in [-0.15, -0.1) is 0 Å². The first-order valence-electron chi connectivity index (χ1n) is 5.45. The smallest absolute Gasteiger partial charge is 0.384 e. The maximum Gasteiger partial charge on any atom is 0.390 e. The molecule has 5 N–H and O–H groups in total. The van der Waals surface area contributed by atoms with Crippen molar-refractivity contribution in [2.75, 3.05) is 13.6 Å². The average molecular weight is 282 g/mol. The molecule has 110 valence electrons. The lowest BCUT2D eigenvalue weighted by molar-refractivity contribution is -0.135. The van der Waals surface area contributed by atoms with E-state index in [0.717, 1.165) is 0 Å². The highest BCUT2D eigenvalue weighted by Gasteiger charge is 2.27. The number of aldehydes is 1. The van der Waals surface area contributed by atoms with Gasteiger partial charge in [0.1, 0.15) is 17.8 Å². The van der Waals surface area contributed by atoms with Crippen LogP contribution in [-0.4, -0.2) is 38.0 Å². The quantitative estimate of drug-likeness (QED) is 0.376. The Balaban J connectivity index is 4.62.